The summed E-state index contributed by atoms with van der Waals surface area (Å²) in [5, 5.41) is 12.6. The third kappa shape index (κ3) is 3.95. The van der Waals surface area contributed by atoms with Gasteiger partial charge in [0.2, 0.25) is 0 Å². The van der Waals surface area contributed by atoms with E-state index in [2.05, 4.69) is 10.3 Å². The molecule has 0 unspecified atom stereocenters. The van der Waals surface area contributed by atoms with E-state index >= 15 is 0 Å². The van der Waals surface area contributed by atoms with Crippen LogP contribution in [0.1, 0.15) is 23.9 Å². The molecule has 0 aliphatic heterocycles. The number of aromatic hydroxyl groups is 1. The van der Waals surface area contributed by atoms with Crippen LogP contribution >= 0.6 is 11.3 Å². The second-order valence-electron chi connectivity index (χ2n) is 4.52. The van der Waals surface area contributed by atoms with Gasteiger partial charge in [-0.05, 0) is 25.1 Å². The van der Waals surface area contributed by atoms with E-state index in [0.717, 1.165) is 17.8 Å². The lowest BCUT2D eigenvalue weighted by atomic mass is 10.2. The van der Waals surface area contributed by atoms with Gasteiger partial charge in [0.1, 0.15) is 10.8 Å². The number of nitrogens with one attached hydrogen (secondary N) is 1. The van der Waals surface area contributed by atoms with Crippen LogP contribution in [0.4, 0.5) is 13.2 Å². The molecule has 0 aliphatic carbocycles. The molecule has 21 heavy (non-hydrogen) atoms. The van der Waals surface area contributed by atoms with Gasteiger partial charge in [-0.15, -0.1) is 11.3 Å². The normalized spacial score (nSPS) is 11.8. The fraction of sp³-hybridized carbons (Fsp3) is 0.357. The van der Waals surface area contributed by atoms with E-state index in [-0.39, 0.29) is 22.2 Å². The first kappa shape index (κ1) is 15.8. The zero-order chi connectivity index (χ0) is 15.5. The van der Waals surface area contributed by atoms with Crippen LogP contribution in [0, 0.1) is 0 Å². The molecule has 0 saturated carbocycles. The van der Waals surface area contributed by atoms with Crippen molar-refractivity contribution in [2.24, 2.45) is 0 Å². The van der Waals surface area contributed by atoms with Crippen LogP contribution in [-0.2, 0) is 12.7 Å². The fourth-order valence-corrected chi connectivity index (χ4v) is 2.88. The summed E-state index contributed by atoms with van der Waals surface area (Å²) in [6.45, 7) is 2.73. The van der Waals surface area contributed by atoms with Crippen molar-refractivity contribution in [3.63, 3.8) is 0 Å². The molecule has 0 atom stereocenters. The molecule has 0 saturated heterocycles. The molecule has 0 bridgehead atoms. The summed E-state index contributed by atoms with van der Waals surface area (Å²) in [5.41, 5.74) is -0.373. The Labute approximate surface area is 124 Å². The standard InChI is InChI=1S/C14H15F3N2OS/c1-2-6-18-8-11-12(14(15,16)17)19-13(21-11)9-4-3-5-10(20)7-9/h3-5,7,18,20H,2,6,8H2,1H3. The second-order valence-corrected chi connectivity index (χ2v) is 5.60. The van der Waals surface area contributed by atoms with Crippen LogP contribution in [-0.4, -0.2) is 16.6 Å². The highest BCUT2D eigenvalue weighted by atomic mass is 32.1. The number of benzene rings is 1. The third-order valence-corrected chi connectivity index (χ3v) is 3.88. The second kappa shape index (κ2) is 6.44. The number of aromatic nitrogens is 1. The molecule has 114 valence electrons. The highest BCUT2D eigenvalue weighted by molar-refractivity contribution is 7.15. The Kier molecular flexibility index (Phi) is 4.84. The molecule has 3 nitrogen and oxygen atoms in total. The Morgan fingerprint density at radius 2 is 2.10 bits per heavy atom. The number of phenolic OH excluding ortho intramolecular Hbond substituents is 1. The van der Waals surface area contributed by atoms with E-state index in [9.17, 15) is 18.3 Å². The van der Waals surface area contributed by atoms with Gasteiger partial charge in [-0.2, -0.15) is 13.2 Å². The minimum atomic E-state index is -4.48. The maximum absolute atomic E-state index is 13.0. The smallest absolute Gasteiger partial charge is 0.434 e. The molecule has 0 fully saturated rings. The Hall–Kier alpha value is -1.60. The van der Waals surface area contributed by atoms with Crippen LogP contribution in [0.15, 0.2) is 24.3 Å². The van der Waals surface area contributed by atoms with Crippen molar-refractivity contribution in [3.05, 3.63) is 34.8 Å². The molecule has 1 aromatic heterocycles. The zero-order valence-electron chi connectivity index (χ0n) is 11.4. The van der Waals surface area contributed by atoms with Crippen molar-refractivity contribution in [2.75, 3.05) is 6.54 Å². The van der Waals surface area contributed by atoms with Gasteiger partial charge in [-0.25, -0.2) is 4.98 Å². The van der Waals surface area contributed by atoms with E-state index in [0.29, 0.717) is 12.1 Å². The quantitative estimate of drug-likeness (QED) is 0.819. The molecule has 7 heteroatoms. The van der Waals surface area contributed by atoms with Crippen LogP contribution in [0.25, 0.3) is 10.6 Å². The number of thiazole rings is 1. The molecule has 0 amide bonds. The average molecular weight is 316 g/mol. The SMILES string of the molecule is CCCNCc1sc(-c2cccc(O)c2)nc1C(F)(F)F. The van der Waals surface area contributed by atoms with Crippen molar-refractivity contribution in [1.82, 2.24) is 10.3 Å². The van der Waals surface area contributed by atoms with Gasteiger partial charge in [-0.3, -0.25) is 0 Å². The summed E-state index contributed by atoms with van der Waals surface area (Å²) in [5.74, 6) is 0.00177. The number of phenols is 1. The Bertz CT molecular complexity index is 611. The largest absolute Gasteiger partial charge is 0.508 e. The molecular weight excluding hydrogens is 301 g/mol. The van der Waals surface area contributed by atoms with E-state index in [1.807, 2.05) is 6.92 Å². The van der Waals surface area contributed by atoms with Gasteiger partial charge in [-0.1, -0.05) is 19.1 Å². The fourth-order valence-electron chi connectivity index (χ4n) is 1.83. The Morgan fingerprint density at radius 3 is 2.71 bits per heavy atom. The highest BCUT2D eigenvalue weighted by Crippen LogP contribution is 2.38. The molecule has 0 aliphatic rings. The predicted octanol–water partition coefficient (Wildman–Crippen LogP) is 4.03. The lowest BCUT2D eigenvalue weighted by molar-refractivity contribution is -0.141. The van der Waals surface area contributed by atoms with E-state index < -0.39 is 11.9 Å². The Balaban J connectivity index is 2.36. The maximum atomic E-state index is 13.0. The highest BCUT2D eigenvalue weighted by Gasteiger charge is 2.37. The molecule has 0 radical (unpaired) electrons. The summed E-state index contributed by atoms with van der Waals surface area (Å²) in [7, 11) is 0. The van der Waals surface area contributed by atoms with Crippen LogP contribution in [0.5, 0.6) is 5.75 Å². The predicted molar refractivity (Wildman–Crippen MR) is 76.2 cm³/mol. The minimum Gasteiger partial charge on any atom is -0.508 e. The van der Waals surface area contributed by atoms with Crippen LogP contribution in [0.3, 0.4) is 0 Å². The molecular formula is C14H15F3N2OS. The first-order chi connectivity index (χ1) is 9.91. The summed E-state index contributed by atoms with van der Waals surface area (Å²) in [6.07, 6.45) is -3.63. The van der Waals surface area contributed by atoms with Crippen molar-refractivity contribution in [3.8, 4) is 16.3 Å². The first-order valence-corrected chi connectivity index (χ1v) is 7.30. The number of alkyl halides is 3. The van der Waals surface area contributed by atoms with Gasteiger partial charge in [0.05, 0.1) is 4.88 Å². The summed E-state index contributed by atoms with van der Waals surface area (Å²) >= 11 is 0.994. The van der Waals surface area contributed by atoms with Crippen molar-refractivity contribution in [1.29, 1.82) is 0 Å². The minimum absolute atomic E-state index is 0.00177. The number of rotatable bonds is 5. The molecule has 1 aromatic carbocycles. The zero-order valence-corrected chi connectivity index (χ0v) is 12.2. The lowest BCUT2D eigenvalue weighted by Crippen LogP contribution is -2.17. The number of halogens is 3. The maximum Gasteiger partial charge on any atom is 0.434 e. The number of nitrogens with zero attached hydrogens (tertiary/aromatic N) is 1. The van der Waals surface area contributed by atoms with Gasteiger partial charge in [0.15, 0.2) is 5.69 Å². The van der Waals surface area contributed by atoms with Gasteiger partial charge in [0, 0.05) is 12.1 Å². The Morgan fingerprint density at radius 1 is 1.33 bits per heavy atom. The summed E-state index contributed by atoms with van der Waals surface area (Å²) < 4.78 is 39.1. The summed E-state index contributed by atoms with van der Waals surface area (Å²) in [6, 6.07) is 6.07. The van der Waals surface area contributed by atoms with E-state index in [1.54, 1.807) is 12.1 Å². The topological polar surface area (TPSA) is 45.1 Å². The number of hydrogen-bond acceptors (Lipinski definition) is 4. The van der Waals surface area contributed by atoms with Gasteiger partial charge >= 0.3 is 6.18 Å². The van der Waals surface area contributed by atoms with Crippen LogP contribution < -0.4 is 5.32 Å². The van der Waals surface area contributed by atoms with Gasteiger partial charge in [0.25, 0.3) is 0 Å². The molecule has 2 N–H and O–H groups in total. The van der Waals surface area contributed by atoms with Crippen LogP contribution in [0.2, 0.25) is 0 Å². The van der Waals surface area contributed by atoms with Gasteiger partial charge < -0.3 is 10.4 Å². The monoisotopic (exact) mass is 316 g/mol. The number of hydrogen-bond donors (Lipinski definition) is 2. The third-order valence-electron chi connectivity index (χ3n) is 2.77. The van der Waals surface area contributed by atoms with E-state index in [1.165, 1.54) is 12.1 Å². The molecule has 1 heterocycles. The van der Waals surface area contributed by atoms with Crippen molar-refractivity contribution >= 4 is 11.3 Å². The van der Waals surface area contributed by atoms with Crippen molar-refractivity contribution in [2.45, 2.75) is 26.1 Å². The molecule has 2 aromatic rings. The van der Waals surface area contributed by atoms with Crippen molar-refractivity contribution < 1.29 is 18.3 Å². The molecule has 2 rings (SSSR count). The molecule has 0 spiro atoms. The van der Waals surface area contributed by atoms with E-state index in [4.69, 9.17) is 0 Å². The first-order valence-electron chi connectivity index (χ1n) is 6.49. The average Bonchev–Trinajstić information content (AvgIpc) is 2.83. The lowest BCUT2D eigenvalue weighted by Gasteiger charge is -2.06. The summed E-state index contributed by atoms with van der Waals surface area (Å²) in [4.78, 5) is 3.88.